The first kappa shape index (κ1) is 20.4. The van der Waals surface area contributed by atoms with Gasteiger partial charge in [-0.25, -0.2) is 5.43 Å². The number of nitrogens with one attached hydrogen (secondary N) is 1. The zero-order valence-corrected chi connectivity index (χ0v) is 18.2. The molecule has 6 nitrogen and oxygen atoms in total. The molecule has 1 N–H and O–H groups in total. The normalized spacial score (nSPS) is 12.6. The molecule has 5 rings (SSSR count). The Hall–Kier alpha value is -3.48. The van der Waals surface area contributed by atoms with E-state index in [1.54, 1.807) is 30.5 Å². The lowest BCUT2D eigenvalue weighted by atomic mass is 10.2. The predicted octanol–water partition coefficient (Wildman–Crippen LogP) is 5.49. The Kier molecular flexibility index (Phi) is 5.47. The molecule has 8 heteroatoms. The van der Waals surface area contributed by atoms with Gasteiger partial charge in [-0.15, -0.1) is 0 Å². The van der Waals surface area contributed by atoms with Crippen molar-refractivity contribution < 1.29 is 14.3 Å². The van der Waals surface area contributed by atoms with Crippen LogP contribution in [0.15, 0.2) is 72.0 Å². The molecule has 0 bridgehead atoms. The molecule has 1 aliphatic rings. The minimum absolute atomic E-state index is 0.157. The van der Waals surface area contributed by atoms with E-state index in [4.69, 9.17) is 32.7 Å². The molecule has 0 unspecified atom stereocenters. The van der Waals surface area contributed by atoms with Crippen molar-refractivity contribution in [2.45, 2.75) is 6.54 Å². The first-order valence-corrected chi connectivity index (χ1v) is 10.6. The van der Waals surface area contributed by atoms with E-state index in [0.717, 1.165) is 22.0 Å². The zero-order valence-electron chi connectivity index (χ0n) is 16.7. The average molecular weight is 466 g/mol. The van der Waals surface area contributed by atoms with Crippen LogP contribution in [0, 0.1) is 0 Å². The molecule has 160 valence electrons. The maximum atomic E-state index is 12.5. The van der Waals surface area contributed by atoms with Crippen LogP contribution in [0.1, 0.15) is 21.5 Å². The molecule has 0 atom stereocenters. The molecule has 0 saturated carbocycles. The average Bonchev–Trinajstić information content (AvgIpc) is 3.40. The van der Waals surface area contributed by atoms with Gasteiger partial charge in [-0.2, -0.15) is 5.10 Å². The lowest BCUT2D eigenvalue weighted by Gasteiger charge is -2.08. The van der Waals surface area contributed by atoms with Gasteiger partial charge in [-0.05, 0) is 42.0 Å². The zero-order chi connectivity index (χ0) is 22.1. The van der Waals surface area contributed by atoms with Crippen LogP contribution in [0.4, 0.5) is 0 Å². The molecule has 32 heavy (non-hydrogen) atoms. The van der Waals surface area contributed by atoms with E-state index in [1.807, 2.05) is 42.6 Å². The Labute approximate surface area is 194 Å². The smallest absolute Gasteiger partial charge is 0.271 e. The second-order valence-corrected chi connectivity index (χ2v) is 8.08. The number of nitrogens with zero attached hydrogens (tertiary/aromatic N) is 2. The quantitative estimate of drug-likeness (QED) is 0.313. The summed E-state index contributed by atoms with van der Waals surface area (Å²) in [6.07, 6.45) is 3.61. The number of fused-ring (bicyclic) bond motifs is 2. The highest BCUT2D eigenvalue weighted by atomic mass is 35.5. The van der Waals surface area contributed by atoms with E-state index >= 15 is 0 Å². The van der Waals surface area contributed by atoms with Crippen molar-refractivity contribution in [3.05, 3.63) is 93.6 Å². The molecule has 3 aromatic carbocycles. The van der Waals surface area contributed by atoms with Crippen molar-refractivity contribution >= 4 is 46.2 Å². The number of rotatable bonds is 5. The molecule has 0 aliphatic carbocycles. The van der Waals surface area contributed by atoms with Crippen LogP contribution in [0.3, 0.4) is 0 Å². The molecule has 0 saturated heterocycles. The van der Waals surface area contributed by atoms with Gasteiger partial charge in [0.1, 0.15) is 0 Å². The first-order valence-electron chi connectivity index (χ1n) is 9.83. The highest BCUT2D eigenvalue weighted by Crippen LogP contribution is 2.32. The van der Waals surface area contributed by atoms with Crippen LogP contribution in [0.25, 0.3) is 10.9 Å². The lowest BCUT2D eigenvalue weighted by Crippen LogP contribution is -2.17. The Morgan fingerprint density at radius 2 is 1.91 bits per heavy atom. The molecular formula is C24H17Cl2N3O3. The first-order chi connectivity index (χ1) is 15.6. The lowest BCUT2D eigenvalue weighted by molar-refractivity contribution is 0.0954. The summed E-state index contributed by atoms with van der Waals surface area (Å²) in [4.78, 5) is 12.5. The van der Waals surface area contributed by atoms with Crippen LogP contribution >= 0.6 is 23.2 Å². The highest BCUT2D eigenvalue weighted by molar-refractivity contribution is 6.35. The van der Waals surface area contributed by atoms with Gasteiger partial charge in [0, 0.05) is 44.8 Å². The topological polar surface area (TPSA) is 64.9 Å². The summed E-state index contributed by atoms with van der Waals surface area (Å²) in [5.74, 6) is 0.834. The molecule has 0 spiro atoms. The minimum atomic E-state index is -0.337. The van der Waals surface area contributed by atoms with Crippen molar-refractivity contribution in [3.8, 4) is 11.5 Å². The summed E-state index contributed by atoms with van der Waals surface area (Å²) in [6, 6.07) is 18.5. The maximum absolute atomic E-state index is 12.5. The highest BCUT2D eigenvalue weighted by Gasteiger charge is 2.16. The van der Waals surface area contributed by atoms with Crippen LogP contribution < -0.4 is 14.9 Å². The van der Waals surface area contributed by atoms with Crippen LogP contribution in [-0.2, 0) is 6.54 Å². The van der Waals surface area contributed by atoms with E-state index in [1.165, 1.54) is 0 Å². The molecular weight excluding hydrogens is 449 g/mol. The van der Waals surface area contributed by atoms with E-state index in [9.17, 15) is 4.79 Å². The summed E-state index contributed by atoms with van der Waals surface area (Å²) in [5, 5.41) is 6.38. The number of para-hydroxylation sites is 1. The van der Waals surface area contributed by atoms with Crippen molar-refractivity contribution in [1.82, 2.24) is 9.99 Å². The number of hydrazone groups is 1. The number of amides is 1. The standard InChI is InChI=1S/C24H17Cl2N3O3/c25-18-7-5-16(20(26)10-18)12-29-13-17(19-3-1-2-4-21(19)29)11-27-28-24(30)15-6-8-22-23(9-15)32-14-31-22/h1-11,13H,12,14H2,(H,28,30)/b27-11+. The van der Waals surface area contributed by atoms with Gasteiger partial charge in [0.25, 0.3) is 5.91 Å². The van der Waals surface area contributed by atoms with Crippen molar-refractivity contribution in [3.63, 3.8) is 0 Å². The monoisotopic (exact) mass is 465 g/mol. The van der Waals surface area contributed by atoms with Gasteiger partial charge in [0.2, 0.25) is 6.79 Å². The van der Waals surface area contributed by atoms with Gasteiger partial charge >= 0.3 is 0 Å². The molecule has 4 aromatic rings. The Morgan fingerprint density at radius 3 is 2.78 bits per heavy atom. The summed E-state index contributed by atoms with van der Waals surface area (Å²) in [5.41, 5.74) is 5.86. The summed E-state index contributed by atoms with van der Waals surface area (Å²) >= 11 is 12.4. The molecule has 0 radical (unpaired) electrons. The van der Waals surface area contributed by atoms with Gasteiger partial charge < -0.3 is 14.0 Å². The molecule has 1 aromatic heterocycles. The number of aromatic nitrogens is 1. The summed E-state index contributed by atoms with van der Waals surface area (Å²) in [7, 11) is 0. The fourth-order valence-electron chi connectivity index (χ4n) is 3.61. The third kappa shape index (κ3) is 4.02. The summed E-state index contributed by atoms with van der Waals surface area (Å²) in [6.45, 7) is 0.734. The Bertz CT molecular complexity index is 1360. The number of hydrogen-bond donors (Lipinski definition) is 1. The largest absolute Gasteiger partial charge is 0.454 e. The fourth-order valence-corrected chi connectivity index (χ4v) is 4.07. The fraction of sp³-hybridized carbons (Fsp3) is 0.0833. The van der Waals surface area contributed by atoms with E-state index in [-0.39, 0.29) is 12.7 Å². The van der Waals surface area contributed by atoms with Crippen molar-refractivity contribution in [2.24, 2.45) is 5.10 Å². The van der Waals surface area contributed by atoms with Gasteiger partial charge in [-0.1, -0.05) is 47.5 Å². The number of carbonyl (C=O) groups is 1. The van der Waals surface area contributed by atoms with Gasteiger partial charge in [-0.3, -0.25) is 4.79 Å². The van der Waals surface area contributed by atoms with Gasteiger partial charge in [0.05, 0.1) is 6.21 Å². The SMILES string of the molecule is O=C(N/N=C/c1cn(Cc2ccc(Cl)cc2Cl)c2ccccc12)c1ccc2c(c1)OCO2. The molecule has 1 amide bonds. The predicted molar refractivity (Wildman–Crippen MR) is 125 cm³/mol. The second-order valence-electron chi connectivity index (χ2n) is 7.23. The number of ether oxygens (including phenoxy) is 2. The van der Waals surface area contributed by atoms with Crippen LogP contribution in [-0.4, -0.2) is 23.5 Å². The second kappa shape index (κ2) is 8.57. The number of benzene rings is 3. The van der Waals surface area contributed by atoms with Crippen molar-refractivity contribution in [1.29, 1.82) is 0 Å². The number of carbonyl (C=O) groups excluding carboxylic acids is 1. The third-order valence-electron chi connectivity index (χ3n) is 5.18. The molecule has 1 aliphatic heterocycles. The van der Waals surface area contributed by atoms with Crippen molar-refractivity contribution in [2.75, 3.05) is 6.79 Å². The number of halogens is 2. The van der Waals surface area contributed by atoms with E-state index in [0.29, 0.717) is 33.7 Å². The minimum Gasteiger partial charge on any atom is -0.454 e. The van der Waals surface area contributed by atoms with E-state index in [2.05, 4.69) is 15.1 Å². The van der Waals surface area contributed by atoms with Gasteiger partial charge in [0.15, 0.2) is 11.5 Å². The van der Waals surface area contributed by atoms with Crippen LogP contribution in [0.2, 0.25) is 10.0 Å². The Balaban J connectivity index is 1.37. The maximum Gasteiger partial charge on any atom is 0.271 e. The number of hydrogen-bond acceptors (Lipinski definition) is 4. The van der Waals surface area contributed by atoms with E-state index < -0.39 is 0 Å². The third-order valence-corrected chi connectivity index (χ3v) is 5.77. The Morgan fingerprint density at radius 1 is 1.06 bits per heavy atom. The summed E-state index contributed by atoms with van der Waals surface area (Å²) < 4.78 is 12.7. The van der Waals surface area contributed by atoms with Crippen LogP contribution in [0.5, 0.6) is 11.5 Å². The molecule has 0 fully saturated rings. The molecule has 2 heterocycles.